The summed E-state index contributed by atoms with van der Waals surface area (Å²) in [5, 5.41) is 10.8. The zero-order valence-electron chi connectivity index (χ0n) is 28.3. The lowest BCUT2D eigenvalue weighted by Crippen LogP contribution is -2.34. The van der Waals surface area contributed by atoms with E-state index in [0.717, 1.165) is 56.6 Å². The minimum Gasteiger partial charge on any atom is -0.504 e. The highest BCUT2D eigenvalue weighted by Crippen LogP contribution is 2.40. The fourth-order valence-electron chi connectivity index (χ4n) is 7.36. The van der Waals surface area contributed by atoms with Gasteiger partial charge in [-0.25, -0.2) is 0 Å². The number of primary amides is 1. The summed E-state index contributed by atoms with van der Waals surface area (Å²) >= 11 is 0. The SMILES string of the molecule is COc1c(O)cc(C(N)=O)cc1-n1c(C)cc(C(=O)CC2CC[C@H](Cc3ccccc3)CN(Cc3ccccc3)CC2)c1-c1ccccc1. The van der Waals surface area contributed by atoms with Crippen molar-refractivity contribution >= 4 is 11.7 Å². The first-order valence-electron chi connectivity index (χ1n) is 17.1. The molecule has 0 saturated carbocycles. The second kappa shape index (κ2) is 15.4. The molecule has 49 heavy (non-hydrogen) atoms. The molecule has 252 valence electrons. The largest absolute Gasteiger partial charge is 0.504 e. The third-order valence-electron chi connectivity index (χ3n) is 9.75. The monoisotopic (exact) mass is 655 g/mol. The second-order valence-electron chi connectivity index (χ2n) is 13.3. The van der Waals surface area contributed by atoms with Crippen molar-refractivity contribution in [1.29, 1.82) is 0 Å². The Bertz CT molecular complexity index is 1830. The lowest BCUT2D eigenvalue weighted by Gasteiger charge is -2.33. The summed E-state index contributed by atoms with van der Waals surface area (Å²) in [6, 6.07) is 35.9. The Labute approximate surface area is 289 Å². The van der Waals surface area contributed by atoms with Crippen LogP contribution in [0.2, 0.25) is 0 Å². The van der Waals surface area contributed by atoms with Crippen LogP contribution < -0.4 is 10.5 Å². The van der Waals surface area contributed by atoms with Gasteiger partial charge in [0.2, 0.25) is 5.91 Å². The zero-order valence-corrected chi connectivity index (χ0v) is 28.3. The maximum absolute atomic E-state index is 14.5. The third kappa shape index (κ3) is 7.95. The lowest BCUT2D eigenvalue weighted by molar-refractivity contribution is 0.0935. The van der Waals surface area contributed by atoms with E-state index in [1.54, 1.807) is 6.07 Å². The van der Waals surface area contributed by atoms with Crippen molar-refractivity contribution in [2.24, 2.45) is 17.6 Å². The Hall–Kier alpha value is -5.14. The molecule has 0 aliphatic carbocycles. The van der Waals surface area contributed by atoms with Gasteiger partial charge in [-0.15, -0.1) is 0 Å². The molecule has 1 aliphatic heterocycles. The summed E-state index contributed by atoms with van der Waals surface area (Å²) in [5.41, 5.74) is 11.8. The number of nitrogens with zero attached hydrogens (tertiary/aromatic N) is 2. The minimum atomic E-state index is -0.669. The van der Waals surface area contributed by atoms with Crippen molar-refractivity contribution in [3.05, 3.63) is 137 Å². The van der Waals surface area contributed by atoms with Crippen LogP contribution in [0, 0.1) is 18.8 Å². The van der Waals surface area contributed by atoms with Crippen LogP contribution in [0.25, 0.3) is 16.9 Å². The van der Waals surface area contributed by atoms with Crippen LogP contribution in [0.1, 0.15) is 63.2 Å². The van der Waals surface area contributed by atoms with Crippen LogP contribution in [-0.4, -0.2) is 46.5 Å². The first-order valence-corrected chi connectivity index (χ1v) is 17.1. The number of aromatic nitrogens is 1. The summed E-state index contributed by atoms with van der Waals surface area (Å²) < 4.78 is 7.51. The number of amides is 1. The van der Waals surface area contributed by atoms with Gasteiger partial charge in [0.05, 0.1) is 18.5 Å². The molecular weight excluding hydrogens is 610 g/mol. The van der Waals surface area contributed by atoms with E-state index in [1.165, 1.54) is 24.3 Å². The molecule has 1 aromatic heterocycles. The molecule has 7 nitrogen and oxygen atoms in total. The van der Waals surface area contributed by atoms with Gasteiger partial charge in [-0.3, -0.25) is 14.5 Å². The molecule has 1 aliphatic rings. The standard InChI is InChI=1S/C42H45N3O4/c1-29-22-36(40(34-16-10-5-11-17-34)45(29)37-25-35(42(43)48)26-39(47)41(37)49-2)38(46)24-31-18-19-33(23-30-12-6-3-7-13-30)28-44(21-20-31)27-32-14-8-4-9-15-32/h3-17,22,25-26,31,33,47H,18-21,23-24,27-28H2,1-2H3,(H2,43,48)/t31?,33-/m1/s1. The third-order valence-corrected chi connectivity index (χ3v) is 9.75. The number of hydrogen-bond donors (Lipinski definition) is 2. The molecule has 2 atom stereocenters. The average molecular weight is 656 g/mol. The van der Waals surface area contributed by atoms with Crippen LogP contribution in [0.5, 0.6) is 11.5 Å². The Kier molecular flexibility index (Phi) is 10.6. The van der Waals surface area contributed by atoms with Gasteiger partial charge in [-0.2, -0.15) is 0 Å². The smallest absolute Gasteiger partial charge is 0.248 e. The highest BCUT2D eigenvalue weighted by Gasteiger charge is 2.28. The molecular formula is C42H45N3O4. The molecule has 0 spiro atoms. The first kappa shape index (κ1) is 33.7. The second-order valence-corrected chi connectivity index (χ2v) is 13.3. The number of ketones is 1. The number of nitrogens with two attached hydrogens (primary N) is 1. The fourth-order valence-corrected chi connectivity index (χ4v) is 7.36. The number of benzene rings is 4. The number of Topliss-reactive ketones (excluding diaryl/α,β-unsaturated/α-hetero) is 1. The van der Waals surface area contributed by atoms with Crippen molar-refractivity contribution in [3.63, 3.8) is 0 Å². The summed E-state index contributed by atoms with van der Waals surface area (Å²) in [5.74, 6) is 0.127. The average Bonchev–Trinajstić information content (AvgIpc) is 3.46. The molecule has 1 amide bonds. The van der Waals surface area contributed by atoms with E-state index in [2.05, 4.69) is 65.6 Å². The Morgan fingerprint density at radius 2 is 1.47 bits per heavy atom. The van der Waals surface area contributed by atoms with Gasteiger partial charge in [0.1, 0.15) is 0 Å². The minimum absolute atomic E-state index is 0.0785. The maximum atomic E-state index is 14.5. The zero-order chi connectivity index (χ0) is 34.3. The van der Waals surface area contributed by atoms with Crippen LogP contribution in [0.3, 0.4) is 0 Å². The predicted octanol–water partition coefficient (Wildman–Crippen LogP) is 8.00. The molecule has 0 radical (unpaired) electrons. The quantitative estimate of drug-likeness (QED) is 0.141. The number of hydrogen-bond acceptors (Lipinski definition) is 5. The van der Waals surface area contributed by atoms with Gasteiger partial charge in [0.25, 0.3) is 0 Å². The van der Waals surface area contributed by atoms with Crippen LogP contribution in [0.4, 0.5) is 0 Å². The van der Waals surface area contributed by atoms with E-state index < -0.39 is 5.91 Å². The predicted molar refractivity (Wildman–Crippen MR) is 194 cm³/mol. The molecule has 3 N–H and O–H groups in total. The number of aryl methyl sites for hydroxylation is 1. The molecule has 1 fully saturated rings. The molecule has 0 bridgehead atoms. The Balaban J connectivity index is 1.32. The molecule has 2 heterocycles. The van der Waals surface area contributed by atoms with Crippen molar-refractivity contribution in [2.75, 3.05) is 20.2 Å². The lowest BCUT2D eigenvalue weighted by atomic mass is 9.84. The van der Waals surface area contributed by atoms with E-state index in [0.29, 0.717) is 29.3 Å². The summed E-state index contributed by atoms with van der Waals surface area (Å²) in [6.07, 6.45) is 4.45. The number of likely N-dealkylation sites (tertiary alicyclic amines) is 1. The number of carbonyl (C=O) groups is 2. The Morgan fingerprint density at radius 3 is 2.12 bits per heavy atom. The van der Waals surface area contributed by atoms with Crippen molar-refractivity contribution < 1.29 is 19.4 Å². The number of aromatic hydroxyl groups is 1. The van der Waals surface area contributed by atoms with E-state index in [1.807, 2.05) is 47.9 Å². The number of methoxy groups -OCH3 is 1. The van der Waals surface area contributed by atoms with Gasteiger partial charge in [-0.1, -0.05) is 91.0 Å². The van der Waals surface area contributed by atoms with E-state index >= 15 is 0 Å². The first-order chi connectivity index (χ1) is 23.8. The molecule has 5 aromatic rings. The highest BCUT2D eigenvalue weighted by atomic mass is 16.5. The summed E-state index contributed by atoms with van der Waals surface area (Å²) in [6.45, 7) is 4.78. The number of phenolic OH excluding ortho intramolecular Hbond substituents is 1. The van der Waals surface area contributed by atoms with Crippen LogP contribution in [0.15, 0.2) is 109 Å². The number of carbonyl (C=O) groups excluding carboxylic acids is 2. The number of ether oxygens (including phenoxy) is 1. The molecule has 7 heteroatoms. The highest BCUT2D eigenvalue weighted by molar-refractivity contribution is 6.03. The molecule has 1 unspecified atom stereocenters. The Morgan fingerprint density at radius 1 is 0.837 bits per heavy atom. The van der Waals surface area contributed by atoms with Gasteiger partial charge < -0.3 is 20.1 Å². The normalized spacial score (nSPS) is 16.9. The maximum Gasteiger partial charge on any atom is 0.248 e. The summed E-state index contributed by atoms with van der Waals surface area (Å²) in [4.78, 5) is 29.2. The van der Waals surface area contributed by atoms with Crippen LogP contribution >= 0.6 is 0 Å². The van der Waals surface area contributed by atoms with Crippen molar-refractivity contribution in [3.8, 4) is 28.4 Å². The molecule has 1 saturated heterocycles. The number of rotatable bonds is 11. The molecule has 6 rings (SSSR count). The van der Waals surface area contributed by atoms with E-state index in [9.17, 15) is 14.7 Å². The van der Waals surface area contributed by atoms with Gasteiger partial charge in [0.15, 0.2) is 17.3 Å². The van der Waals surface area contributed by atoms with Gasteiger partial charge in [0, 0.05) is 36.3 Å². The summed E-state index contributed by atoms with van der Waals surface area (Å²) in [7, 11) is 1.47. The fraction of sp³-hybridized carbons (Fsp3) is 0.286. The van der Waals surface area contributed by atoms with Crippen molar-refractivity contribution in [1.82, 2.24) is 9.47 Å². The topological polar surface area (TPSA) is 97.8 Å². The number of phenols is 1. The van der Waals surface area contributed by atoms with E-state index in [4.69, 9.17) is 10.5 Å². The van der Waals surface area contributed by atoms with E-state index in [-0.39, 0.29) is 28.8 Å². The van der Waals surface area contributed by atoms with Crippen LogP contribution in [-0.2, 0) is 13.0 Å². The van der Waals surface area contributed by atoms with Gasteiger partial charge >= 0.3 is 0 Å². The van der Waals surface area contributed by atoms with Gasteiger partial charge in [-0.05, 0) is 85.9 Å². The van der Waals surface area contributed by atoms with Crippen molar-refractivity contribution in [2.45, 2.75) is 45.6 Å². The molecule has 4 aromatic carbocycles.